The van der Waals surface area contributed by atoms with Gasteiger partial charge in [-0.3, -0.25) is 14.3 Å². The summed E-state index contributed by atoms with van der Waals surface area (Å²) in [7, 11) is 0. The second kappa shape index (κ2) is 3.16. The van der Waals surface area contributed by atoms with E-state index in [1.165, 1.54) is 0 Å². The van der Waals surface area contributed by atoms with Gasteiger partial charge in [0.25, 0.3) is 5.56 Å². The van der Waals surface area contributed by atoms with Gasteiger partial charge >= 0.3 is 5.69 Å². The van der Waals surface area contributed by atoms with E-state index < -0.39 is 17.1 Å². The second-order valence-electron chi connectivity index (χ2n) is 1.83. The highest BCUT2D eigenvalue weighted by Crippen LogP contribution is 1.88. The predicted octanol–water partition coefficient (Wildman–Crippen LogP) is 0.0682. The molecule has 0 aliphatic heterocycles. The van der Waals surface area contributed by atoms with Crippen LogP contribution in [0, 0.1) is 5.82 Å². The highest BCUT2D eigenvalue weighted by atomic mass is 127. The standard InChI is InChI=1S/C5H4FIN2O2/c6-3-1-9(2-7)5(11)8-4(3)10/h1H,2H2,(H,8,10,11). The van der Waals surface area contributed by atoms with E-state index in [2.05, 4.69) is 0 Å². The van der Waals surface area contributed by atoms with Crippen LogP contribution in [-0.2, 0) is 4.55 Å². The van der Waals surface area contributed by atoms with E-state index in [1.54, 1.807) is 0 Å². The first kappa shape index (κ1) is 8.44. The fraction of sp³-hybridized carbons (Fsp3) is 0.200. The number of hydrogen-bond donors (Lipinski definition) is 1. The SMILES string of the molecule is O=c1[nH]c(=O)n(CI)cc1F. The molecule has 1 aromatic rings. The van der Waals surface area contributed by atoms with Crippen LogP contribution >= 0.6 is 22.6 Å². The van der Waals surface area contributed by atoms with Gasteiger partial charge in [0, 0.05) is 0 Å². The quantitative estimate of drug-likeness (QED) is 0.580. The fourth-order valence-electron chi connectivity index (χ4n) is 0.571. The van der Waals surface area contributed by atoms with Crippen LogP contribution in [0.5, 0.6) is 0 Å². The Balaban J connectivity index is 3.45. The largest absolute Gasteiger partial charge is 0.329 e. The number of halogens is 2. The Hall–Kier alpha value is -0.660. The molecule has 0 atom stereocenters. The first-order chi connectivity index (χ1) is 5.15. The maximum Gasteiger partial charge on any atom is 0.329 e. The molecule has 0 aliphatic carbocycles. The molecule has 0 saturated carbocycles. The summed E-state index contributed by atoms with van der Waals surface area (Å²) in [6.07, 6.45) is 0.883. The van der Waals surface area contributed by atoms with E-state index >= 15 is 0 Å². The molecular formula is C5H4FIN2O2. The molecule has 0 aliphatic rings. The number of nitrogens with one attached hydrogen (secondary N) is 1. The van der Waals surface area contributed by atoms with Crippen molar-refractivity contribution in [1.29, 1.82) is 0 Å². The number of alkyl halides is 1. The molecule has 0 fully saturated rings. The summed E-state index contributed by atoms with van der Waals surface area (Å²) in [6.45, 7) is 0. The molecule has 0 unspecified atom stereocenters. The molecule has 1 rings (SSSR count). The average Bonchev–Trinajstić information content (AvgIpc) is 1.97. The number of H-pyrrole nitrogens is 1. The van der Waals surface area contributed by atoms with Gasteiger partial charge in [-0.25, -0.2) is 4.79 Å². The van der Waals surface area contributed by atoms with Crippen LogP contribution in [0.3, 0.4) is 0 Å². The second-order valence-corrected chi connectivity index (χ2v) is 2.51. The Morgan fingerprint density at radius 3 is 2.82 bits per heavy atom. The third-order valence-electron chi connectivity index (χ3n) is 1.10. The zero-order valence-corrected chi connectivity index (χ0v) is 7.46. The van der Waals surface area contributed by atoms with Crippen LogP contribution in [0.15, 0.2) is 15.8 Å². The topological polar surface area (TPSA) is 54.9 Å². The maximum absolute atomic E-state index is 12.4. The third-order valence-corrected chi connectivity index (χ3v) is 1.83. The lowest BCUT2D eigenvalue weighted by Crippen LogP contribution is -2.30. The summed E-state index contributed by atoms with van der Waals surface area (Å²) in [5.74, 6) is -0.943. The smallest absolute Gasteiger partial charge is 0.288 e. The normalized spacial score (nSPS) is 10.0. The summed E-state index contributed by atoms with van der Waals surface area (Å²) >= 11 is 1.88. The molecule has 0 saturated heterocycles. The number of rotatable bonds is 1. The molecule has 4 nitrogen and oxygen atoms in total. The van der Waals surface area contributed by atoms with Gasteiger partial charge in [-0.1, -0.05) is 22.6 Å². The Morgan fingerprint density at radius 1 is 1.64 bits per heavy atom. The van der Waals surface area contributed by atoms with Crippen molar-refractivity contribution in [2.45, 2.75) is 4.55 Å². The van der Waals surface area contributed by atoms with Gasteiger partial charge in [-0.05, 0) is 0 Å². The third kappa shape index (κ3) is 1.67. The minimum Gasteiger partial charge on any atom is -0.288 e. The summed E-state index contributed by atoms with van der Waals surface area (Å²) < 4.78 is 13.8. The van der Waals surface area contributed by atoms with Crippen molar-refractivity contribution in [3.8, 4) is 0 Å². The molecule has 1 aromatic heterocycles. The molecule has 0 aromatic carbocycles. The molecule has 1 N–H and O–H groups in total. The molecule has 11 heavy (non-hydrogen) atoms. The molecule has 0 radical (unpaired) electrons. The highest BCUT2D eigenvalue weighted by Gasteiger charge is 2.00. The number of aromatic amines is 1. The zero-order valence-electron chi connectivity index (χ0n) is 5.30. The van der Waals surface area contributed by atoms with Crippen LogP contribution < -0.4 is 11.2 Å². The summed E-state index contributed by atoms with van der Waals surface area (Å²) in [5, 5.41) is 0. The lowest BCUT2D eigenvalue weighted by molar-refractivity contribution is 0.576. The summed E-state index contributed by atoms with van der Waals surface area (Å²) in [4.78, 5) is 23.1. The van der Waals surface area contributed by atoms with Crippen LogP contribution in [-0.4, -0.2) is 9.55 Å². The first-order valence-electron chi connectivity index (χ1n) is 2.70. The average molecular weight is 270 g/mol. The van der Waals surface area contributed by atoms with Crippen LogP contribution in [0.25, 0.3) is 0 Å². The van der Waals surface area contributed by atoms with Gasteiger partial charge in [0.1, 0.15) is 0 Å². The summed E-state index contributed by atoms with van der Waals surface area (Å²) in [5.41, 5.74) is -1.57. The molecule has 0 amide bonds. The van der Waals surface area contributed by atoms with Gasteiger partial charge < -0.3 is 0 Å². The minimum atomic E-state index is -0.976. The number of hydrogen-bond acceptors (Lipinski definition) is 2. The lowest BCUT2D eigenvalue weighted by atomic mass is 10.6. The van der Waals surface area contributed by atoms with Crippen LogP contribution in [0.4, 0.5) is 4.39 Å². The molecule has 0 bridgehead atoms. The van der Waals surface area contributed by atoms with Crippen molar-refractivity contribution < 1.29 is 4.39 Å². The Bertz CT molecular complexity index is 369. The van der Waals surface area contributed by atoms with E-state index in [1.807, 2.05) is 27.6 Å². The van der Waals surface area contributed by atoms with Crippen LogP contribution in [0.2, 0.25) is 0 Å². The van der Waals surface area contributed by atoms with E-state index in [0.29, 0.717) is 4.55 Å². The van der Waals surface area contributed by atoms with E-state index in [9.17, 15) is 14.0 Å². The fourth-order valence-corrected chi connectivity index (χ4v) is 1.08. The number of aromatic nitrogens is 2. The lowest BCUT2D eigenvalue weighted by Gasteiger charge is -1.96. The minimum absolute atomic E-state index is 0.310. The van der Waals surface area contributed by atoms with Crippen molar-refractivity contribution in [3.05, 3.63) is 32.9 Å². The molecule has 6 heteroatoms. The molecule has 1 heterocycles. The van der Waals surface area contributed by atoms with Crippen molar-refractivity contribution in [3.63, 3.8) is 0 Å². The van der Waals surface area contributed by atoms with Gasteiger partial charge in [-0.2, -0.15) is 4.39 Å². The van der Waals surface area contributed by atoms with E-state index in [-0.39, 0.29) is 0 Å². The van der Waals surface area contributed by atoms with Gasteiger partial charge in [0.15, 0.2) is 0 Å². The zero-order chi connectivity index (χ0) is 8.43. The Morgan fingerprint density at radius 2 is 2.27 bits per heavy atom. The van der Waals surface area contributed by atoms with E-state index in [4.69, 9.17) is 0 Å². The highest BCUT2D eigenvalue weighted by molar-refractivity contribution is 14.1. The number of nitrogens with zero attached hydrogens (tertiary/aromatic N) is 1. The molecular weight excluding hydrogens is 266 g/mol. The van der Waals surface area contributed by atoms with Crippen molar-refractivity contribution in [2.75, 3.05) is 0 Å². The molecule has 60 valence electrons. The first-order valence-corrected chi connectivity index (χ1v) is 4.23. The van der Waals surface area contributed by atoms with E-state index in [0.717, 1.165) is 10.8 Å². The Labute approximate surface area is 74.2 Å². The van der Waals surface area contributed by atoms with Crippen molar-refractivity contribution in [1.82, 2.24) is 9.55 Å². The summed E-state index contributed by atoms with van der Waals surface area (Å²) in [6, 6.07) is 0. The van der Waals surface area contributed by atoms with Crippen LogP contribution in [0.1, 0.15) is 0 Å². The van der Waals surface area contributed by atoms with Gasteiger partial charge in [-0.15, -0.1) is 0 Å². The van der Waals surface area contributed by atoms with Gasteiger partial charge in [0.2, 0.25) is 5.82 Å². The molecule has 0 spiro atoms. The Kier molecular flexibility index (Phi) is 2.42. The van der Waals surface area contributed by atoms with Gasteiger partial charge in [0.05, 0.1) is 10.7 Å². The predicted molar refractivity (Wildman–Crippen MR) is 45.3 cm³/mol. The van der Waals surface area contributed by atoms with Crippen molar-refractivity contribution >= 4 is 22.6 Å². The van der Waals surface area contributed by atoms with Crippen molar-refractivity contribution in [2.24, 2.45) is 0 Å². The monoisotopic (exact) mass is 270 g/mol. The maximum atomic E-state index is 12.4.